The minimum Gasteiger partial charge on any atom is -0.491 e. The molecular formula is C18H16F2N2O3. The molecule has 0 atom stereocenters. The zero-order valence-corrected chi connectivity index (χ0v) is 13.5. The molecule has 3 rings (SSSR count). The Kier molecular flexibility index (Phi) is 4.95. The molecule has 0 spiro atoms. The highest BCUT2D eigenvalue weighted by molar-refractivity contribution is 5.86. The SMILES string of the molecule is COCCOc1ccc2c(Oc3c(F)cc(N)cc3F)ccnc2c1. The summed E-state index contributed by atoms with van der Waals surface area (Å²) >= 11 is 0. The van der Waals surface area contributed by atoms with E-state index in [9.17, 15) is 8.78 Å². The third-order valence-electron chi connectivity index (χ3n) is 3.46. The second-order valence-corrected chi connectivity index (χ2v) is 5.25. The average molecular weight is 346 g/mol. The Bertz CT molecular complexity index is 880. The largest absolute Gasteiger partial charge is 0.491 e. The summed E-state index contributed by atoms with van der Waals surface area (Å²) in [6, 6.07) is 8.69. The first-order chi connectivity index (χ1) is 12.1. The molecule has 0 radical (unpaired) electrons. The summed E-state index contributed by atoms with van der Waals surface area (Å²) in [5.41, 5.74) is 5.97. The van der Waals surface area contributed by atoms with Gasteiger partial charge in [-0.1, -0.05) is 0 Å². The standard InChI is InChI=1S/C18H16F2N2O3/c1-23-6-7-24-12-2-3-13-16(10-12)22-5-4-17(13)25-18-14(19)8-11(21)9-15(18)20/h2-5,8-10H,6-7,21H2,1H3. The maximum Gasteiger partial charge on any atom is 0.198 e. The van der Waals surface area contributed by atoms with E-state index in [1.165, 1.54) is 12.3 Å². The number of pyridine rings is 1. The molecule has 1 aromatic heterocycles. The predicted molar refractivity (Wildman–Crippen MR) is 90.0 cm³/mol. The fourth-order valence-corrected chi connectivity index (χ4v) is 2.31. The summed E-state index contributed by atoms with van der Waals surface area (Å²) in [5, 5.41) is 0.595. The Labute approximate surface area is 142 Å². The molecule has 1 heterocycles. The van der Waals surface area contributed by atoms with Gasteiger partial charge in [-0.05, 0) is 18.2 Å². The minimum atomic E-state index is -0.873. The van der Waals surface area contributed by atoms with Crippen LogP contribution in [0.1, 0.15) is 0 Å². The van der Waals surface area contributed by atoms with Crippen LogP contribution < -0.4 is 15.2 Å². The molecule has 7 heteroatoms. The van der Waals surface area contributed by atoms with E-state index in [0.29, 0.717) is 29.9 Å². The molecular weight excluding hydrogens is 330 g/mol. The molecule has 0 unspecified atom stereocenters. The van der Waals surface area contributed by atoms with Crippen molar-refractivity contribution in [2.75, 3.05) is 26.1 Å². The van der Waals surface area contributed by atoms with Crippen molar-refractivity contribution in [3.05, 3.63) is 54.2 Å². The molecule has 0 bridgehead atoms. The van der Waals surface area contributed by atoms with Gasteiger partial charge in [0.2, 0.25) is 0 Å². The van der Waals surface area contributed by atoms with Gasteiger partial charge in [-0.15, -0.1) is 0 Å². The Morgan fingerprint density at radius 2 is 1.80 bits per heavy atom. The van der Waals surface area contributed by atoms with Gasteiger partial charge in [0.05, 0.1) is 12.1 Å². The molecule has 0 aliphatic carbocycles. The van der Waals surface area contributed by atoms with Gasteiger partial charge >= 0.3 is 0 Å². The Balaban J connectivity index is 1.92. The van der Waals surface area contributed by atoms with Crippen molar-refractivity contribution in [2.24, 2.45) is 0 Å². The maximum atomic E-state index is 13.9. The van der Waals surface area contributed by atoms with Crippen molar-refractivity contribution >= 4 is 16.6 Å². The normalized spacial score (nSPS) is 10.8. The van der Waals surface area contributed by atoms with Crippen LogP contribution in [0, 0.1) is 11.6 Å². The molecule has 0 aliphatic heterocycles. The molecule has 3 aromatic rings. The van der Waals surface area contributed by atoms with Gasteiger partial charge in [-0.25, -0.2) is 8.78 Å². The van der Waals surface area contributed by atoms with Crippen LogP contribution in [0.4, 0.5) is 14.5 Å². The van der Waals surface area contributed by atoms with Crippen LogP contribution in [-0.2, 0) is 4.74 Å². The van der Waals surface area contributed by atoms with Gasteiger partial charge in [-0.2, -0.15) is 0 Å². The summed E-state index contributed by atoms with van der Waals surface area (Å²) in [5.74, 6) is -1.37. The number of halogens is 2. The predicted octanol–water partition coefficient (Wildman–Crippen LogP) is 3.91. The number of fused-ring (bicyclic) bond motifs is 1. The van der Waals surface area contributed by atoms with Crippen LogP contribution >= 0.6 is 0 Å². The number of nitrogens with zero attached hydrogens (tertiary/aromatic N) is 1. The number of hydrogen-bond donors (Lipinski definition) is 1. The van der Waals surface area contributed by atoms with Gasteiger partial charge in [-0.3, -0.25) is 4.98 Å². The van der Waals surface area contributed by atoms with E-state index in [2.05, 4.69) is 4.98 Å². The van der Waals surface area contributed by atoms with Crippen molar-refractivity contribution in [1.82, 2.24) is 4.98 Å². The molecule has 130 valence electrons. The number of aromatic nitrogens is 1. The van der Waals surface area contributed by atoms with E-state index in [-0.39, 0.29) is 11.4 Å². The van der Waals surface area contributed by atoms with Gasteiger partial charge in [0, 0.05) is 42.6 Å². The Morgan fingerprint density at radius 3 is 2.52 bits per heavy atom. The summed E-state index contributed by atoms with van der Waals surface area (Å²) in [7, 11) is 1.59. The summed E-state index contributed by atoms with van der Waals surface area (Å²) in [6.07, 6.45) is 1.49. The first-order valence-corrected chi connectivity index (χ1v) is 7.51. The number of rotatable bonds is 6. The summed E-state index contributed by atoms with van der Waals surface area (Å²) in [4.78, 5) is 4.23. The van der Waals surface area contributed by atoms with E-state index in [4.69, 9.17) is 19.9 Å². The number of nitrogens with two attached hydrogens (primary N) is 1. The molecule has 25 heavy (non-hydrogen) atoms. The molecule has 5 nitrogen and oxygen atoms in total. The number of benzene rings is 2. The molecule has 0 saturated heterocycles. The molecule has 0 amide bonds. The van der Waals surface area contributed by atoms with Crippen LogP contribution in [0.2, 0.25) is 0 Å². The lowest BCUT2D eigenvalue weighted by atomic mass is 10.2. The third-order valence-corrected chi connectivity index (χ3v) is 3.46. The monoisotopic (exact) mass is 346 g/mol. The van der Waals surface area contributed by atoms with Gasteiger partial charge in [0.25, 0.3) is 0 Å². The molecule has 0 fully saturated rings. The van der Waals surface area contributed by atoms with Crippen molar-refractivity contribution in [3.8, 4) is 17.2 Å². The van der Waals surface area contributed by atoms with Gasteiger partial charge in [0.1, 0.15) is 18.1 Å². The summed E-state index contributed by atoms with van der Waals surface area (Å²) < 4.78 is 43.8. The fraction of sp³-hybridized carbons (Fsp3) is 0.167. The number of methoxy groups -OCH3 is 1. The highest BCUT2D eigenvalue weighted by atomic mass is 19.1. The van der Waals surface area contributed by atoms with E-state index in [1.807, 2.05) is 0 Å². The summed E-state index contributed by atoms with van der Waals surface area (Å²) in [6.45, 7) is 0.865. The van der Waals surface area contributed by atoms with Crippen LogP contribution in [0.5, 0.6) is 17.2 Å². The average Bonchev–Trinajstić information content (AvgIpc) is 2.58. The van der Waals surface area contributed by atoms with Crippen LogP contribution in [-0.4, -0.2) is 25.3 Å². The Hall–Kier alpha value is -2.93. The molecule has 0 aliphatic rings. The first-order valence-electron chi connectivity index (χ1n) is 7.51. The van der Waals surface area contributed by atoms with Crippen molar-refractivity contribution in [3.63, 3.8) is 0 Å². The lowest BCUT2D eigenvalue weighted by Gasteiger charge is -2.12. The second kappa shape index (κ2) is 7.31. The van der Waals surface area contributed by atoms with Crippen molar-refractivity contribution in [2.45, 2.75) is 0 Å². The molecule has 0 saturated carbocycles. The highest BCUT2D eigenvalue weighted by Crippen LogP contribution is 2.34. The van der Waals surface area contributed by atoms with Gasteiger partial charge < -0.3 is 19.9 Å². The zero-order chi connectivity index (χ0) is 17.8. The fourth-order valence-electron chi connectivity index (χ4n) is 2.31. The second-order valence-electron chi connectivity index (χ2n) is 5.25. The number of nitrogen functional groups attached to an aromatic ring is 1. The topological polar surface area (TPSA) is 66.6 Å². The van der Waals surface area contributed by atoms with E-state index < -0.39 is 17.4 Å². The van der Waals surface area contributed by atoms with Gasteiger partial charge in [0.15, 0.2) is 17.4 Å². The van der Waals surface area contributed by atoms with E-state index in [1.54, 1.807) is 25.3 Å². The number of hydrogen-bond acceptors (Lipinski definition) is 5. The van der Waals surface area contributed by atoms with Crippen molar-refractivity contribution < 1.29 is 23.0 Å². The minimum absolute atomic E-state index is 0.0141. The number of ether oxygens (including phenoxy) is 3. The molecule has 2 aromatic carbocycles. The number of anilines is 1. The lowest BCUT2D eigenvalue weighted by molar-refractivity contribution is 0.146. The van der Waals surface area contributed by atoms with Crippen molar-refractivity contribution in [1.29, 1.82) is 0 Å². The highest BCUT2D eigenvalue weighted by Gasteiger charge is 2.15. The van der Waals surface area contributed by atoms with E-state index in [0.717, 1.165) is 12.1 Å². The smallest absolute Gasteiger partial charge is 0.198 e. The molecule has 2 N–H and O–H groups in total. The van der Waals surface area contributed by atoms with E-state index >= 15 is 0 Å². The van der Waals surface area contributed by atoms with Crippen LogP contribution in [0.15, 0.2) is 42.6 Å². The Morgan fingerprint density at radius 1 is 1.04 bits per heavy atom. The quantitative estimate of drug-likeness (QED) is 0.541. The third kappa shape index (κ3) is 3.77. The maximum absolute atomic E-state index is 13.9. The first kappa shape index (κ1) is 16.9. The zero-order valence-electron chi connectivity index (χ0n) is 13.5. The van der Waals surface area contributed by atoms with Crippen LogP contribution in [0.3, 0.4) is 0 Å². The lowest BCUT2D eigenvalue weighted by Crippen LogP contribution is -2.04. The van der Waals surface area contributed by atoms with Crippen LogP contribution in [0.25, 0.3) is 10.9 Å².